The molecule has 1 aliphatic heterocycles. The van der Waals surface area contributed by atoms with Gasteiger partial charge in [0.2, 0.25) is 0 Å². The fraction of sp³-hybridized carbons (Fsp3) is 0.200. The molecule has 1 saturated heterocycles. The Kier molecular flexibility index (Phi) is 6.68. The lowest BCUT2D eigenvalue weighted by molar-refractivity contribution is 0.0107. The zero-order valence-corrected chi connectivity index (χ0v) is 19.9. The number of piperidine rings is 1. The summed E-state index contributed by atoms with van der Waals surface area (Å²) in [7, 11) is 0. The molecule has 2 heterocycles. The summed E-state index contributed by atoms with van der Waals surface area (Å²) >= 11 is 0. The molecule has 4 heteroatoms. The number of hydrogen-bond donors (Lipinski definition) is 2. The monoisotopic (exact) mass is 468 g/mol. The molecule has 172 valence electrons. The number of hydrogen-bond acceptors (Lipinski definition) is 2. The molecule has 0 amide bonds. The highest BCUT2D eigenvalue weighted by Crippen LogP contribution is 2.32. The zero-order chi connectivity index (χ0) is 22.0. The van der Waals surface area contributed by atoms with Gasteiger partial charge in [-0.3, -0.25) is 0 Å². The quantitative estimate of drug-likeness (QED) is 0.289. The van der Waals surface area contributed by atoms with Crippen LogP contribution in [0.15, 0.2) is 97.1 Å². The van der Waals surface area contributed by atoms with E-state index in [1.165, 1.54) is 44.1 Å². The number of ether oxygens (including phenoxy) is 1. The molecular formula is C30H29ClN2O. The molecule has 3 nitrogen and oxygen atoms in total. The van der Waals surface area contributed by atoms with E-state index in [9.17, 15) is 0 Å². The van der Waals surface area contributed by atoms with Crippen LogP contribution < -0.4 is 5.32 Å². The number of H-pyrrole nitrogens is 1. The third-order valence-electron chi connectivity index (χ3n) is 6.86. The fourth-order valence-corrected chi connectivity index (χ4v) is 5.08. The van der Waals surface area contributed by atoms with Gasteiger partial charge in [-0.25, -0.2) is 0 Å². The van der Waals surface area contributed by atoms with E-state index in [1.807, 2.05) is 0 Å². The molecule has 1 aliphatic rings. The van der Waals surface area contributed by atoms with Crippen molar-refractivity contribution >= 4 is 34.1 Å². The van der Waals surface area contributed by atoms with Crippen LogP contribution >= 0.6 is 12.4 Å². The Hall–Kier alpha value is -3.11. The van der Waals surface area contributed by atoms with Crippen molar-refractivity contribution in [3.8, 4) is 11.3 Å². The lowest BCUT2D eigenvalue weighted by Gasteiger charge is -2.32. The van der Waals surface area contributed by atoms with E-state index in [2.05, 4.69) is 107 Å². The Morgan fingerprint density at radius 2 is 1.59 bits per heavy atom. The van der Waals surface area contributed by atoms with Crippen molar-refractivity contribution in [3.05, 3.63) is 108 Å². The summed E-state index contributed by atoms with van der Waals surface area (Å²) in [6.07, 6.45) is 1.24. The standard InChI is InChI=1S/C30H28N2O.ClH/c1-2-7-23-16-21(12-13-22(23)6-1)20-33-30-19-31-15-14-27(30)24-9-5-10-25(17-24)29-18-26-8-3-4-11-28(26)32-29;/h1-13,16-18,27,30-32H,14-15,19-20H2;1H. The van der Waals surface area contributed by atoms with Crippen LogP contribution in [0.1, 0.15) is 23.5 Å². The van der Waals surface area contributed by atoms with Gasteiger partial charge in [-0.1, -0.05) is 72.8 Å². The van der Waals surface area contributed by atoms with Crippen molar-refractivity contribution in [2.75, 3.05) is 13.1 Å². The van der Waals surface area contributed by atoms with Crippen molar-refractivity contribution < 1.29 is 4.74 Å². The van der Waals surface area contributed by atoms with Gasteiger partial charge in [0.1, 0.15) is 0 Å². The molecule has 2 unspecified atom stereocenters. The van der Waals surface area contributed by atoms with E-state index in [0.29, 0.717) is 12.5 Å². The number of aromatic nitrogens is 1. The molecule has 0 saturated carbocycles. The topological polar surface area (TPSA) is 37.0 Å². The van der Waals surface area contributed by atoms with Gasteiger partial charge in [0.15, 0.2) is 0 Å². The second-order valence-corrected chi connectivity index (χ2v) is 9.03. The van der Waals surface area contributed by atoms with Gasteiger partial charge < -0.3 is 15.0 Å². The third kappa shape index (κ3) is 4.60. The normalized spacial score (nSPS) is 18.1. The molecule has 6 rings (SSSR count). The van der Waals surface area contributed by atoms with Crippen LogP contribution in [0.25, 0.3) is 32.9 Å². The van der Waals surface area contributed by atoms with E-state index >= 15 is 0 Å². The Morgan fingerprint density at radius 3 is 2.47 bits per heavy atom. The van der Waals surface area contributed by atoms with E-state index in [-0.39, 0.29) is 18.5 Å². The van der Waals surface area contributed by atoms with Crippen LogP contribution in [-0.2, 0) is 11.3 Å². The molecule has 1 fully saturated rings. The Labute approximate surface area is 206 Å². The molecule has 0 radical (unpaired) electrons. The first-order valence-electron chi connectivity index (χ1n) is 11.8. The second-order valence-electron chi connectivity index (χ2n) is 9.03. The van der Waals surface area contributed by atoms with Crippen molar-refractivity contribution in [2.45, 2.75) is 25.0 Å². The molecule has 0 spiro atoms. The number of nitrogens with one attached hydrogen (secondary N) is 2. The number of halogens is 1. The van der Waals surface area contributed by atoms with Gasteiger partial charge in [-0.2, -0.15) is 0 Å². The van der Waals surface area contributed by atoms with Gasteiger partial charge in [0, 0.05) is 29.1 Å². The SMILES string of the molecule is Cl.c1cc(-c2cc3ccccc3[nH]2)cc(C2CCNCC2OCc2ccc3ccccc3c2)c1. The smallest absolute Gasteiger partial charge is 0.0772 e. The van der Waals surface area contributed by atoms with Crippen LogP contribution in [0.4, 0.5) is 0 Å². The maximum atomic E-state index is 6.51. The third-order valence-corrected chi connectivity index (χ3v) is 6.86. The Morgan fingerprint density at radius 1 is 0.765 bits per heavy atom. The maximum absolute atomic E-state index is 6.51. The predicted octanol–water partition coefficient (Wildman–Crippen LogP) is 7.07. The minimum Gasteiger partial charge on any atom is -0.372 e. The first kappa shape index (κ1) is 22.7. The molecule has 34 heavy (non-hydrogen) atoms. The molecule has 0 bridgehead atoms. The lowest BCUT2D eigenvalue weighted by atomic mass is 9.86. The number of benzene rings is 4. The summed E-state index contributed by atoms with van der Waals surface area (Å²) in [6.45, 7) is 2.54. The summed E-state index contributed by atoms with van der Waals surface area (Å²) in [4.78, 5) is 3.57. The summed E-state index contributed by atoms with van der Waals surface area (Å²) < 4.78 is 6.51. The first-order chi connectivity index (χ1) is 16.3. The fourth-order valence-electron chi connectivity index (χ4n) is 5.08. The molecule has 2 atom stereocenters. The van der Waals surface area contributed by atoms with Crippen LogP contribution in [0.2, 0.25) is 0 Å². The van der Waals surface area contributed by atoms with E-state index in [0.717, 1.165) is 19.5 Å². The summed E-state index contributed by atoms with van der Waals surface area (Å²) in [5, 5.41) is 7.32. The van der Waals surface area contributed by atoms with Crippen molar-refractivity contribution in [3.63, 3.8) is 0 Å². The van der Waals surface area contributed by atoms with Gasteiger partial charge in [-0.05, 0) is 64.7 Å². The highest BCUT2D eigenvalue weighted by atomic mass is 35.5. The highest BCUT2D eigenvalue weighted by molar-refractivity contribution is 5.86. The van der Waals surface area contributed by atoms with E-state index in [4.69, 9.17) is 4.74 Å². The maximum Gasteiger partial charge on any atom is 0.0772 e. The van der Waals surface area contributed by atoms with Crippen LogP contribution in [0.5, 0.6) is 0 Å². The van der Waals surface area contributed by atoms with Gasteiger partial charge in [0.05, 0.1) is 12.7 Å². The molecule has 0 aliphatic carbocycles. The van der Waals surface area contributed by atoms with Crippen molar-refractivity contribution in [2.24, 2.45) is 0 Å². The summed E-state index contributed by atoms with van der Waals surface area (Å²) in [6, 6.07) is 34.8. The molecule has 2 N–H and O–H groups in total. The predicted molar refractivity (Wildman–Crippen MR) is 144 cm³/mol. The van der Waals surface area contributed by atoms with E-state index in [1.54, 1.807) is 0 Å². The lowest BCUT2D eigenvalue weighted by Crippen LogP contribution is -2.41. The molecule has 5 aromatic rings. The van der Waals surface area contributed by atoms with Crippen molar-refractivity contribution in [1.82, 2.24) is 10.3 Å². The van der Waals surface area contributed by atoms with Gasteiger partial charge >= 0.3 is 0 Å². The minimum atomic E-state index is 0. The zero-order valence-electron chi connectivity index (χ0n) is 19.0. The van der Waals surface area contributed by atoms with Crippen LogP contribution in [0, 0.1) is 0 Å². The second kappa shape index (κ2) is 10.0. The Balaban J connectivity index is 0.00000241. The molecular weight excluding hydrogens is 440 g/mol. The average Bonchev–Trinajstić information content (AvgIpc) is 3.32. The first-order valence-corrected chi connectivity index (χ1v) is 11.8. The van der Waals surface area contributed by atoms with E-state index < -0.39 is 0 Å². The Bertz CT molecular complexity index is 1380. The van der Waals surface area contributed by atoms with Gasteiger partial charge in [-0.15, -0.1) is 12.4 Å². The van der Waals surface area contributed by atoms with Crippen LogP contribution in [0.3, 0.4) is 0 Å². The average molecular weight is 469 g/mol. The molecule has 4 aromatic carbocycles. The van der Waals surface area contributed by atoms with Crippen LogP contribution in [-0.4, -0.2) is 24.2 Å². The number of aromatic amines is 1. The number of rotatable bonds is 5. The summed E-state index contributed by atoms with van der Waals surface area (Å²) in [5.74, 6) is 0.385. The number of para-hydroxylation sites is 1. The minimum absolute atomic E-state index is 0. The number of fused-ring (bicyclic) bond motifs is 2. The summed E-state index contributed by atoms with van der Waals surface area (Å²) in [5.41, 5.74) is 6.16. The van der Waals surface area contributed by atoms with Gasteiger partial charge in [0.25, 0.3) is 0 Å². The van der Waals surface area contributed by atoms with Crippen molar-refractivity contribution in [1.29, 1.82) is 0 Å². The highest BCUT2D eigenvalue weighted by Gasteiger charge is 2.27. The molecule has 1 aromatic heterocycles. The largest absolute Gasteiger partial charge is 0.372 e.